The molecule has 7 nitrogen and oxygen atoms in total. The number of carboxylic acids is 1. The largest absolute Gasteiger partial charge is 0.478 e. The summed E-state index contributed by atoms with van der Waals surface area (Å²) in [5.74, 6) is -1.56. The van der Waals surface area contributed by atoms with E-state index in [1.54, 1.807) is 18.2 Å². The van der Waals surface area contributed by atoms with E-state index in [9.17, 15) is 9.59 Å². The van der Waals surface area contributed by atoms with Gasteiger partial charge in [-0.15, -0.1) is 0 Å². The highest BCUT2D eigenvalue weighted by Gasteiger charge is 2.13. The summed E-state index contributed by atoms with van der Waals surface area (Å²) >= 11 is 0. The maximum atomic E-state index is 11.1. The number of aromatic nitrogens is 2. The molecule has 0 amide bonds. The van der Waals surface area contributed by atoms with Crippen LogP contribution in [0.5, 0.6) is 0 Å². The minimum Gasteiger partial charge on any atom is -0.478 e. The number of carbonyl (C=O) groups is 1. The monoisotopic (exact) mass is 259 g/mol. The van der Waals surface area contributed by atoms with E-state index in [4.69, 9.17) is 15.3 Å². The maximum absolute atomic E-state index is 11.1. The fourth-order valence-corrected chi connectivity index (χ4v) is 1.92. The Hall–Kier alpha value is -2.96. The third-order valence-corrected chi connectivity index (χ3v) is 2.81. The lowest BCUT2D eigenvalue weighted by molar-refractivity contribution is 0.0698. The van der Waals surface area contributed by atoms with Crippen LogP contribution in [0.15, 0.2) is 33.5 Å². The molecular weight excluding hydrogens is 250 g/mol. The molecule has 0 aliphatic carbocycles. The van der Waals surface area contributed by atoms with Crippen LogP contribution < -0.4 is 11.5 Å². The summed E-state index contributed by atoms with van der Waals surface area (Å²) in [4.78, 5) is 27.3. The lowest BCUT2D eigenvalue weighted by Crippen LogP contribution is -1.98. The second-order valence-electron chi connectivity index (χ2n) is 4.04. The van der Waals surface area contributed by atoms with E-state index in [0.29, 0.717) is 22.4 Å². The predicted molar refractivity (Wildman–Crippen MR) is 68.0 cm³/mol. The van der Waals surface area contributed by atoms with Crippen molar-refractivity contribution >= 4 is 22.9 Å². The van der Waals surface area contributed by atoms with E-state index in [1.807, 2.05) is 0 Å². The molecule has 0 atom stereocenters. The van der Waals surface area contributed by atoms with Crippen molar-refractivity contribution in [3.05, 3.63) is 40.4 Å². The second-order valence-corrected chi connectivity index (χ2v) is 4.04. The number of oxazole rings is 1. The molecule has 96 valence electrons. The van der Waals surface area contributed by atoms with Gasteiger partial charge in [0.15, 0.2) is 5.58 Å². The van der Waals surface area contributed by atoms with Crippen molar-refractivity contribution in [3.8, 4) is 11.3 Å². The van der Waals surface area contributed by atoms with Crippen LogP contribution in [0.4, 0.5) is 5.82 Å². The Morgan fingerprint density at radius 1 is 1.26 bits per heavy atom. The van der Waals surface area contributed by atoms with E-state index < -0.39 is 11.7 Å². The third-order valence-electron chi connectivity index (χ3n) is 2.81. The zero-order chi connectivity index (χ0) is 13.6. The molecule has 0 saturated carbocycles. The summed E-state index contributed by atoms with van der Waals surface area (Å²) in [7, 11) is 0. The summed E-state index contributed by atoms with van der Waals surface area (Å²) in [6.07, 6.45) is 0. The fraction of sp³-hybridized carbons (Fsp3) is 0. The van der Waals surface area contributed by atoms with Crippen LogP contribution in [0.2, 0.25) is 0 Å². The highest BCUT2D eigenvalue weighted by molar-refractivity contribution is 5.95. The number of nitrogens with one attached hydrogen (secondary N) is 2. The van der Waals surface area contributed by atoms with Crippen molar-refractivity contribution in [1.29, 1.82) is 0 Å². The molecule has 1 aromatic carbocycles. The number of anilines is 1. The molecule has 0 bridgehead atoms. The topological polar surface area (TPSA) is 125 Å². The molecule has 0 unspecified atom stereocenters. The molecule has 0 spiro atoms. The smallest absolute Gasteiger partial charge is 0.417 e. The number of carboxylic acid groups (broad SMARTS) is 1. The molecule has 0 saturated heterocycles. The summed E-state index contributed by atoms with van der Waals surface area (Å²) < 4.78 is 4.94. The molecule has 2 heterocycles. The Morgan fingerprint density at radius 2 is 2.05 bits per heavy atom. The first-order valence-electron chi connectivity index (χ1n) is 5.39. The highest BCUT2D eigenvalue weighted by Crippen LogP contribution is 2.25. The number of rotatable bonds is 2. The quantitative estimate of drug-likeness (QED) is 0.553. The summed E-state index contributed by atoms with van der Waals surface area (Å²) in [6, 6.07) is 6.46. The molecule has 0 fully saturated rings. The number of aromatic amines is 2. The van der Waals surface area contributed by atoms with Crippen molar-refractivity contribution in [2.24, 2.45) is 0 Å². The highest BCUT2D eigenvalue weighted by atomic mass is 16.4. The average Bonchev–Trinajstić information content (AvgIpc) is 2.89. The van der Waals surface area contributed by atoms with Gasteiger partial charge in [0.2, 0.25) is 0 Å². The van der Waals surface area contributed by atoms with E-state index in [-0.39, 0.29) is 11.4 Å². The number of hydrogen-bond acceptors (Lipinski definition) is 4. The van der Waals surface area contributed by atoms with E-state index in [1.165, 1.54) is 6.07 Å². The Labute approximate surface area is 105 Å². The molecule has 3 rings (SSSR count). The van der Waals surface area contributed by atoms with Gasteiger partial charge in [-0.1, -0.05) is 6.07 Å². The predicted octanol–water partition coefficient (Wildman–Crippen LogP) is 1.40. The zero-order valence-electron chi connectivity index (χ0n) is 9.56. The molecule has 2 aromatic heterocycles. The first kappa shape index (κ1) is 11.1. The van der Waals surface area contributed by atoms with Gasteiger partial charge < -0.3 is 20.2 Å². The van der Waals surface area contributed by atoms with Gasteiger partial charge in [0, 0.05) is 11.3 Å². The van der Waals surface area contributed by atoms with Crippen LogP contribution in [0.3, 0.4) is 0 Å². The van der Waals surface area contributed by atoms with Crippen molar-refractivity contribution in [2.45, 2.75) is 0 Å². The Balaban J connectivity index is 2.15. The summed E-state index contributed by atoms with van der Waals surface area (Å²) in [6.45, 7) is 0. The lowest BCUT2D eigenvalue weighted by atomic mass is 10.1. The van der Waals surface area contributed by atoms with Crippen LogP contribution >= 0.6 is 0 Å². The van der Waals surface area contributed by atoms with Crippen molar-refractivity contribution in [2.75, 3.05) is 5.73 Å². The molecule has 5 N–H and O–H groups in total. The first-order valence-corrected chi connectivity index (χ1v) is 5.39. The fourth-order valence-electron chi connectivity index (χ4n) is 1.92. The molecule has 7 heteroatoms. The third kappa shape index (κ3) is 1.77. The van der Waals surface area contributed by atoms with Gasteiger partial charge in [-0.3, -0.25) is 4.98 Å². The normalized spacial score (nSPS) is 10.9. The first-order chi connectivity index (χ1) is 9.04. The van der Waals surface area contributed by atoms with Crippen molar-refractivity contribution in [3.63, 3.8) is 0 Å². The zero-order valence-corrected chi connectivity index (χ0v) is 9.56. The van der Waals surface area contributed by atoms with Crippen LogP contribution in [0.1, 0.15) is 10.4 Å². The Morgan fingerprint density at radius 3 is 2.74 bits per heavy atom. The summed E-state index contributed by atoms with van der Waals surface area (Å²) in [5, 5.41) is 8.94. The number of nitrogens with two attached hydrogens (primary N) is 1. The maximum Gasteiger partial charge on any atom is 0.417 e. The van der Waals surface area contributed by atoms with Gasteiger partial charge >= 0.3 is 11.7 Å². The number of nitrogen functional groups attached to an aromatic ring is 1. The van der Waals surface area contributed by atoms with Crippen molar-refractivity contribution < 1.29 is 14.3 Å². The van der Waals surface area contributed by atoms with Gasteiger partial charge in [-0.05, 0) is 18.2 Å². The van der Waals surface area contributed by atoms with Crippen molar-refractivity contribution in [1.82, 2.24) is 9.97 Å². The number of H-pyrrole nitrogens is 2. The number of fused-ring (bicyclic) bond motifs is 1. The molecule has 3 aromatic rings. The van der Waals surface area contributed by atoms with Crippen LogP contribution in [-0.2, 0) is 0 Å². The standard InChI is InChI=1S/C12H9N3O4/c13-10-6(11(16)17)4-8(14-10)5-1-2-7-9(3-5)19-12(18)15-7/h1-4,14H,13H2,(H,15,18)(H,16,17). The van der Waals surface area contributed by atoms with Gasteiger partial charge in [0.05, 0.1) is 5.52 Å². The van der Waals surface area contributed by atoms with Gasteiger partial charge in [0.1, 0.15) is 11.4 Å². The minimum atomic E-state index is -1.10. The van der Waals surface area contributed by atoms with E-state index >= 15 is 0 Å². The van der Waals surface area contributed by atoms with Gasteiger partial charge in [0.25, 0.3) is 0 Å². The van der Waals surface area contributed by atoms with Crippen LogP contribution in [0, 0.1) is 0 Å². The van der Waals surface area contributed by atoms with Crippen LogP contribution in [-0.4, -0.2) is 21.0 Å². The summed E-state index contributed by atoms with van der Waals surface area (Å²) in [5.41, 5.74) is 7.77. The number of benzene rings is 1. The number of hydrogen-bond donors (Lipinski definition) is 4. The molecule has 0 radical (unpaired) electrons. The van der Waals surface area contributed by atoms with Gasteiger partial charge in [-0.25, -0.2) is 9.59 Å². The molecular formula is C12H9N3O4. The second kappa shape index (κ2) is 3.77. The Bertz CT molecular complexity index is 840. The van der Waals surface area contributed by atoms with E-state index in [0.717, 1.165) is 0 Å². The van der Waals surface area contributed by atoms with Crippen LogP contribution in [0.25, 0.3) is 22.4 Å². The molecule has 0 aliphatic rings. The Kier molecular flexibility index (Phi) is 2.21. The molecule has 19 heavy (non-hydrogen) atoms. The molecule has 0 aliphatic heterocycles. The SMILES string of the molecule is Nc1[nH]c(-c2ccc3[nH]c(=O)oc3c2)cc1C(=O)O. The van der Waals surface area contributed by atoms with Gasteiger partial charge in [-0.2, -0.15) is 0 Å². The number of aromatic carboxylic acids is 1. The lowest BCUT2D eigenvalue weighted by Gasteiger charge is -1.96. The minimum absolute atomic E-state index is 0.00520. The van der Waals surface area contributed by atoms with E-state index in [2.05, 4.69) is 9.97 Å². The average molecular weight is 259 g/mol.